The van der Waals surface area contributed by atoms with E-state index in [4.69, 9.17) is 0 Å². The molecule has 0 aliphatic heterocycles. The van der Waals surface area contributed by atoms with Crippen LogP contribution in [0.15, 0.2) is 36.4 Å². The fraction of sp³-hybridized carbons (Fsp3) is 0.200. The molecule has 0 saturated heterocycles. The van der Waals surface area contributed by atoms with Gasteiger partial charge in [0.15, 0.2) is 0 Å². The normalized spacial score (nSPS) is 13.4. The van der Waals surface area contributed by atoms with Crippen LogP contribution in [-0.4, -0.2) is 29.1 Å². The van der Waals surface area contributed by atoms with E-state index in [1.807, 2.05) is 24.3 Å². The van der Waals surface area contributed by atoms with Gasteiger partial charge in [-0.1, -0.05) is 0 Å². The van der Waals surface area contributed by atoms with Crippen LogP contribution in [-0.2, 0) is 0 Å². The second-order valence-electron chi connectivity index (χ2n) is 5.72. The number of pyridine rings is 1. The molecule has 2 aromatic rings. The Balaban J connectivity index is 2.23. The van der Waals surface area contributed by atoms with Crippen LogP contribution in [0.4, 0.5) is 0 Å². The molecule has 0 radical (unpaired) electrons. The van der Waals surface area contributed by atoms with Gasteiger partial charge < -0.3 is 0 Å². The Labute approximate surface area is 111 Å². The molecule has 0 spiro atoms. The van der Waals surface area contributed by atoms with E-state index >= 15 is 0 Å². The molecule has 2 nitrogen and oxygen atoms in total. The van der Waals surface area contributed by atoms with Crippen LogP contribution in [0.2, 0.25) is 14.8 Å². The summed E-state index contributed by atoms with van der Waals surface area (Å²) in [6.45, 7) is 0. The first-order valence-electron chi connectivity index (χ1n) is 6.14. The molecule has 1 aromatic carbocycles. The minimum atomic E-state index is -2.21. The number of hydrogen-bond acceptors (Lipinski definition) is 2. The van der Waals surface area contributed by atoms with Crippen LogP contribution in [0.25, 0.3) is 11.1 Å². The first kappa shape index (κ1) is 11.9. The average molecular weight is 344 g/mol. The first-order valence-corrected chi connectivity index (χ1v) is 16.1. The summed E-state index contributed by atoms with van der Waals surface area (Å²) in [4.78, 5) is 23.9. The third-order valence-electron chi connectivity index (χ3n) is 3.34. The molecule has 1 aliphatic rings. The fourth-order valence-corrected chi connectivity index (χ4v) is 5.25. The minimum absolute atomic E-state index is 0.0815. The Bertz CT molecular complexity index is 656. The van der Waals surface area contributed by atoms with Gasteiger partial charge in [-0.2, -0.15) is 0 Å². The number of fused-ring (bicyclic) bond motifs is 3. The van der Waals surface area contributed by atoms with Crippen molar-refractivity contribution in [2.75, 3.05) is 0 Å². The number of ketones is 1. The summed E-state index contributed by atoms with van der Waals surface area (Å²) in [7, 11) is 0. The molecular weight excluding hydrogens is 329 g/mol. The maximum absolute atomic E-state index is 12.3. The summed E-state index contributed by atoms with van der Waals surface area (Å²) in [6.07, 6.45) is 0. The zero-order valence-electron chi connectivity index (χ0n) is 10.8. The van der Waals surface area contributed by atoms with Crippen LogP contribution >= 0.6 is 0 Å². The van der Waals surface area contributed by atoms with Crippen molar-refractivity contribution in [2.45, 2.75) is 14.8 Å². The van der Waals surface area contributed by atoms with Gasteiger partial charge in [-0.05, 0) is 0 Å². The van der Waals surface area contributed by atoms with Crippen LogP contribution in [0, 0.1) is 0 Å². The summed E-state index contributed by atoms with van der Waals surface area (Å²) in [5.41, 5.74) is 3.47. The molecule has 0 unspecified atom stereocenters. The molecule has 3 heteroatoms. The summed E-state index contributed by atoms with van der Waals surface area (Å²) in [6, 6.07) is 12.0. The van der Waals surface area contributed by atoms with Gasteiger partial charge in [0, 0.05) is 0 Å². The van der Waals surface area contributed by atoms with Crippen molar-refractivity contribution < 1.29 is 4.79 Å². The molecule has 0 atom stereocenters. The summed E-state index contributed by atoms with van der Waals surface area (Å²) >= 11 is -2.21. The van der Waals surface area contributed by atoms with Crippen molar-refractivity contribution in [3.8, 4) is 11.1 Å². The van der Waals surface area contributed by atoms with Crippen molar-refractivity contribution in [1.29, 1.82) is 0 Å². The van der Waals surface area contributed by atoms with Gasteiger partial charge >= 0.3 is 111 Å². The topological polar surface area (TPSA) is 30.0 Å². The molecular formula is C15H15NOSn. The molecule has 1 aromatic heterocycles. The molecule has 1 aliphatic carbocycles. The van der Waals surface area contributed by atoms with Gasteiger partial charge in [0.1, 0.15) is 0 Å². The summed E-state index contributed by atoms with van der Waals surface area (Å²) < 4.78 is 1.17. The Morgan fingerprint density at radius 1 is 0.889 bits per heavy atom. The van der Waals surface area contributed by atoms with Gasteiger partial charge in [-0.3, -0.25) is 0 Å². The fourth-order valence-electron chi connectivity index (χ4n) is 2.31. The number of aromatic nitrogens is 1. The van der Waals surface area contributed by atoms with Gasteiger partial charge in [0.25, 0.3) is 0 Å². The molecule has 90 valence electrons. The average Bonchev–Trinajstić information content (AvgIpc) is 2.63. The van der Waals surface area contributed by atoms with Crippen molar-refractivity contribution in [1.82, 2.24) is 4.98 Å². The molecule has 0 saturated carbocycles. The van der Waals surface area contributed by atoms with E-state index in [9.17, 15) is 4.79 Å². The predicted molar refractivity (Wildman–Crippen MR) is 76.1 cm³/mol. The van der Waals surface area contributed by atoms with E-state index in [1.54, 1.807) is 0 Å². The zero-order chi connectivity index (χ0) is 12.9. The van der Waals surface area contributed by atoms with Gasteiger partial charge in [-0.25, -0.2) is 0 Å². The third-order valence-corrected chi connectivity index (χ3v) is 8.52. The second kappa shape index (κ2) is 3.92. The quantitative estimate of drug-likeness (QED) is 0.636. The van der Waals surface area contributed by atoms with Crippen LogP contribution < -0.4 is 3.71 Å². The summed E-state index contributed by atoms with van der Waals surface area (Å²) in [5, 5.41) is 0. The van der Waals surface area contributed by atoms with Crippen LogP contribution in [0.1, 0.15) is 16.1 Å². The van der Waals surface area contributed by atoms with E-state index in [1.165, 1.54) is 3.71 Å². The molecule has 0 amide bonds. The predicted octanol–water partition coefficient (Wildman–Crippen LogP) is 2.84. The van der Waals surface area contributed by atoms with Crippen molar-refractivity contribution >= 4 is 27.9 Å². The van der Waals surface area contributed by atoms with E-state index in [0.717, 1.165) is 16.7 Å². The number of hydrogen-bond donors (Lipinski definition) is 0. The zero-order valence-corrected chi connectivity index (χ0v) is 13.7. The van der Waals surface area contributed by atoms with E-state index in [2.05, 4.69) is 31.9 Å². The van der Waals surface area contributed by atoms with Crippen LogP contribution in [0.5, 0.6) is 0 Å². The second-order valence-corrected chi connectivity index (χ2v) is 20.0. The number of carbonyl (C=O) groups is 1. The third kappa shape index (κ3) is 1.70. The first-order chi connectivity index (χ1) is 8.48. The Kier molecular flexibility index (Phi) is 2.59. The van der Waals surface area contributed by atoms with Crippen molar-refractivity contribution in [3.05, 3.63) is 47.7 Å². The number of benzene rings is 1. The van der Waals surface area contributed by atoms with E-state index in [0.29, 0.717) is 5.69 Å². The molecule has 0 N–H and O–H groups in total. The van der Waals surface area contributed by atoms with E-state index < -0.39 is 18.4 Å². The maximum atomic E-state index is 12.3. The monoisotopic (exact) mass is 345 g/mol. The summed E-state index contributed by atoms with van der Waals surface area (Å²) in [5.74, 6) is 0.0815. The molecule has 18 heavy (non-hydrogen) atoms. The van der Waals surface area contributed by atoms with E-state index in [-0.39, 0.29) is 5.78 Å². The standard InChI is InChI=1S/C12H6NO.3CH3.Sn/c14-12-10-5-2-1-4-8(10)9-6-3-7-13-11(9)12;;;;/h1-6H;3*1H3;. The Morgan fingerprint density at radius 3 is 2.22 bits per heavy atom. The van der Waals surface area contributed by atoms with Gasteiger partial charge in [0.05, 0.1) is 0 Å². The van der Waals surface area contributed by atoms with Crippen LogP contribution in [0.3, 0.4) is 0 Å². The number of carbonyl (C=O) groups excluding carboxylic acids is 1. The van der Waals surface area contributed by atoms with Crippen molar-refractivity contribution in [3.63, 3.8) is 0 Å². The van der Waals surface area contributed by atoms with Gasteiger partial charge in [-0.15, -0.1) is 0 Å². The van der Waals surface area contributed by atoms with Gasteiger partial charge in [0.2, 0.25) is 0 Å². The number of rotatable bonds is 1. The molecule has 0 fully saturated rings. The van der Waals surface area contributed by atoms with Crippen molar-refractivity contribution in [2.24, 2.45) is 0 Å². The SMILES string of the molecule is [CH3][Sn]([CH3])([CH3])[c]1ccc2c(n1)C(=O)c1ccccc1-2. The molecule has 0 bridgehead atoms. The number of nitrogens with zero attached hydrogens (tertiary/aromatic N) is 1. The Hall–Kier alpha value is -1.16. The molecule has 3 rings (SSSR count). The molecule has 1 heterocycles. The Morgan fingerprint density at radius 2 is 1.56 bits per heavy atom.